The van der Waals surface area contributed by atoms with Crippen molar-refractivity contribution in [3.63, 3.8) is 0 Å². The Morgan fingerprint density at radius 3 is 2.00 bits per heavy atom. The lowest BCUT2D eigenvalue weighted by Gasteiger charge is -1.97. The van der Waals surface area contributed by atoms with Crippen LogP contribution in [0.3, 0.4) is 0 Å². The van der Waals surface area contributed by atoms with E-state index in [1.807, 2.05) is 30.3 Å². The van der Waals surface area contributed by atoms with Crippen molar-refractivity contribution in [1.29, 1.82) is 0 Å². The van der Waals surface area contributed by atoms with Gasteiger partial charge in [0, 0.05) is 14.2 Å². The molecule has 0 aliphatic carbocycles. The molecule has 17 heavy (non-hydrogen) atoms. The van der Waals surface area contributed by atoms with Crippen molar-refractivity contribution in [3.05, 3.63) is 35.9 Å². The predicted molar refractivity (Wildman–Crippen MR) is 65.3 cm³/mol. The summed E-state index contributed by atoms with van der Waals surface area (Å²) in [7, 11) is 4.64. The maximum absolute atomic E-state index is 10.8. The van der Waals surface area contributed by atoms with Crippen LogP contribution in [-0.4, -0.2) is 33.7 Å². The zero-order valence-corrected chi connectivity index (χ0v) is 10.4. The van der Waals surface area contributed by atoms with E-state index in [4.69, 9.17) is 4.79 Å². The van der Waals surface area contributed by atoms with Gasteiger partial charge in [-0.2, -0.15) is 0 Å². The summed E-state index contributed by atoms with van der Waals surface area (Å²) in [4.78, 5) is 19.3. The van der Waals surface area contributed by atoms with E-state index in [0.29, 0.717) is 6.42 Å². The Hall–Kier alpha value is -1.88. The molecule has 0 aliphatic heterocycles. The van der Waals surface area contributed by atoms with Crippen molar-refractivity contribution < 1.29 is 19.1 Å². The van der Waals surface area contributed by atoms with Crippen LogP contribution >= 0.6 is 0 Å². The molecule has 0 atom stereocenters. The number of esters is 1. The van der Waals surface area contributed by atoms with Gasteiger partial charge in [-0.3, -0.25) is 9.59 Å². The summed E-state index contributed by atoms with van der Waals surface area (Å²) in [5.74, 6) is -0.198. The molecule has 0 aromatic heterocycles. The van der Waals surface area contributed by atoms with Gasteiger partial charge >= 0.3 is 5.97 Å². The minimum absolute atomic E-state index is 0.198. The van der Waals surface area contributed by atoms with Crippen molar-refractivity contribution in [2.24, 2.45) is 5.73 Å². The predicted octanol–water partition coefficient (Wildman–Crippen LogP) is 0.766. The Kier molecular flexibility index (Phi) is 14.5. The van der Waals surface area contributed by atoms with Crippen molar-refractivity contribution in [2.45, 2.75) is 6.42 Å². The van der Waals surface area contributed by atoms with E-state index in [0.717, 1.165) is 5.56 Å². The maximum atomic E-state index is 10.8. The van der Waals surface area contributed by atoms with Gasteiger partial charge in [0.05, 0.1) is 13.5 Å². The quantitative estimate of drug-likeness (QED) is 0.612. The van der Waals surface area contributed by atoms with Crippen molar-refractivity contribution in [2.75, 3.05) is 21.3 Å². The van der Waals surface area contributed by atoms with Crippen LogP contribution in [0.2, 0.25) is 0 Å². The fraction of sp³-hybridized carbons (Fsp3) is 0.333. The van der Waals surface area contributed by atoms with E-state index in [-0.39, 0.29) is 12.4 Å². The summed E-state index contributed by atoms with van der Waals surface area (Å²) in [6, 6.07) is 9.52. The van der Waals surface area contributed by atoms with Crippen LogP contribution in [0, 0.1) is 0 Å². The third kappa shape index (κ3) is 14.1. The van der Waals surface area contributed by atoms with Crippen LogP contribution in [0.5, 0.6) is 0 Å². The van der Waals surface area contributed by atoms with Crippen molar-refractivity contribution in [3.8, 4) is 0 Å². The average Bonchev–Trinajstić information content (AvgIpc) is 2.32. The highest BCUT2D eigenvalue weighted by Crippen LogP contribution is 1.99. The zero-order chi connectivity index (χ0) is 13.5. The molecule has 2 N–H and O–H groups in total. The lowest BCUT2D eigenvalue weighted by molar-refractivity contribution is -0.139. The van der Waals surface area contributed by atoms with Gasteiger partial charge in [-0.1, -0.05) is 30.3 Å². The number of nitrogens with two attached hydrogens (primary N) is 1. The van der Waals surface area contributed by atoms with Crippen LogP contribution in [0.15, 0.2) is 30.3 Å². The van der Waals surface area contributed by atoms with E-state index in [1.54, 1.807) is 14.2 Å². The van der Waals surface area contributed by atoms with Gasteiger partial charge in [0.15, 0.2) is 0 Å². The Balaban J connectivity index is 0. The van der Waals surface area contributed by atoms with Gasteiger partial charge < -0.3 is 15.2 Å². The molecule has 5 heteroatoms. The molecule has 0 aliphatic rings. The second-order valence-electron chi connectivity index (χ2n) is 2.78. The van der Waals surface area contributed by atoms with E-state index < -0.39 is 0 Å². The van der Waals surface area contributed by atoms with Gasteiger partial charge in [-0.15, -0.1) is 0 Å². The summed E-state index contributed by atoms with van der Waals surface area (Å²) in [6.45, 7) is 0. The molecule has 1 aromatic carbocycles. The molecule has 5 nitrogen and oxygen atoms in total. The second-order valence-corrected chi connectivity index (χ2v) is 2.78. The molecule has 96 valence electrons. The lowest BCUT2D eigenvalue weighted by atomic mass is 10.2. The maximum Gasteiger partial charge on any atom is 0.309 e. The fourth-order valence-electron chi connectivity index (χ4n) is 0.835. The lowest BCUT2D eigenvalue weighted by Crippen LogP contribution is -2.03. The van der Waals surface area contributed by atoms with E-state index in [9.17, 15) is 4.79 Å². The molecule has 0 radical (unpaired) electrons. The molecule has 0 saturated carbocycles. The van der Waals surface area contributed by atoms with E-state index >= 15 is 0 Å². The highest BCUT2D eigenvalue weighted by Gasteiger charge is 1.99. The molecule has 0 unspecified atom stereocenters. The molecule has 1 aromatic rings. The number of hydrogen-bond donors (Lipinski definition) is 1. The molecule has 0 bridgehead atoms. The minimum Gasteiger partial charge on any atom is -0.469 e. The average molecular weight is 241 g/mol. The molecule has 1 amide bonds. The fourth-order valence-corrected chi connectivity index (χ4v) is 0.835. The third-order valence-corrected chi connectivity index (χ3v) is 1.42. The molecule has 0 fully saturated rings. The van der Waals surface area contributed by atoms with Crippen LogP contribution in [0.4, 0.5) is 0 Å². The molecule has 1 rings (SSSR count). The number of methoxy groups -OCH3 is 2. The standard InChI is InChI=1S/C9H10O2.C2H6O.CH3NO/c1-11-9(10)7-8-5-3-2-4-6-8;1-3-2;2-1-3/h2-6H,7H2,1H3;1-2H3;1H,(H2,2,3). The van der Waals surface area contributed by atoms with Crippen LogP contribution in [-0.2, 0) is 25.5 Å². The normalized spacial score (nSPS) is 7.71. The largest absolute Gasteiger partial charge is 0.469 e. The van der Waals surface area contributed by atoms with Gasteiger partial charge in [0.25, 0.3) is 0 Å². The third-order valence-electron chi connectivity index (χ3n) is 1.42. The SMILES string of the molecule is COC.COC(=O)Cc1ccccc1.NC=O. The summed E-state index contributed by atoms with van der Waals surface area (Å²) in [5.41, 5.74) is 5.15. The Bertz CT molecular complexity index is 288. The number of carbonyl (C=O) groups excluding carboxylic acids is 2. The summed E-state index contributed by atoms with van der Waals surface area (Å²) in [6.07, 6.45) is 0.608. The number of rotatable bonds is 2. The Morgan fingerprint density at radius 2 is 1.65 bits per heavy atom. The van der Waals surface area contributed by atoms with E-state index in [1.165, 1.54) is 7.11 Å². The number of benzene rings is 1. The summed E-state index contributed by atoms with van der Waals surface area (Å²) in [5, 5.41) is 0. The van der Waals surface area contributed by atoms with Gasteiger partial charge in [0.1, 0.15) is 0 Å². The molecular formula is C12H19NO4. The summed E-state index contributed by atoms with van der Waals surface area (Å²) >= 11 is 0. The first-order chi connectivity index (χ1) is 8.15. The Morgan fingerprint density at radius 1 is 1.24 bits per heavy atom. The molecule has 0 heterocycles. The number of primary amides is 1. The first-order valence-electron chi connectivity index (χ1n) is 4.82. The molecule has 0 saturated heterocycles. The molecule has 0 spiro atoms. The highest BCUT2D eigenvalue weighted by atomic mass is 16.5. The van der Waals surface area contributed by atoms with Crippen molar-refractivity contribution >= 4 is 12.4 Å². The number of ether oxygens (including phenoxy) is 2. The van der Waals surface area contributed by atoms with Crippen LogP contribution in [0.1, 0.15) is 5.56 Å². The zero-order valence-electron chi connectivity index (χ0n) is 10.4. The topological polar surface area (TPSA) is 78.6 Å². The number of carbonyl (C=O) groups is 2. The minimum atomic E-state index is -0.198. The first-order valence-corrected chi connectivity index (χ1v) is 4.82. The monoisotopic (exact) mass is 241 g/mol. The second kappa shape index (κ2) is 14.1. The Labute approximate surface area is 102 Å². The summed E-state index contributed by atoms with van der Waals surface area (Å²) < 4.78 is 8.77. The number of amides is 1. The highest BCUT2D eigenvalue weighted by molar-refractivity contribution is 5.72. The van der Waals surface area contributed by atoms with E-state index in [2.05, 4.69) is 15.2 Å². The van der Waals surface area contributed by atoms with Gasteiger partial charge in [-0.25, -0.2) is 0 Å². The van der Waals surface area contributed by atoms with Gasteiger partial charge in [-0.05, 0) is 5.56 Å². The number of hydrogen-bond acceptors (Lipinski definition) is 4. The first kappa shape index (κ1) is 17.5. The smallest absolute Gasteiger partial charge is 0.309 e. The van der Waals surface area contributed by atoms with Crippen LogP contribution < -0.4 is 5.73 Å². The van der Waals surface area contributed by atoms with Gasteiger partial charge in [0.2, 0.25) is 6.41 Å². The molecular weight excluding hydrogens is 222 g/mol. The van der Waals surface area contributed by atoms with Crippen LogP contribution in [0.25, 0.3) is 0 Å². The van der Waals surface area contributed by atoms with Crippen molar-refractivity contribution in [1.82, 2.24) is 0 Å².